The molecule has 1 aliphatic heterocycles. The molecule has 1 fully saturated rings. The zero-order valence-corrected chi connectivity index (χ0v) is 11.9. The summed E-state index contributed by atoms with van der Waals surface area (Å²) in [5.41, 5.74) is 5.31. The molecule has 0 aliphatic carbocycles. The van der Waals surface area contributed by atoms with Gasteiger partial charge in [-0.05, 0) is 33.6 Å². The van der Waals surface area contributed by atoms with E-state index in [0.717, 1.165) is 0 Å². The van der Waals surface area contributed by atoms with Crippen molar-refractivity contribution in [2.45, 2.75) is 58.8 Å². The molecule has 4 nitrogen and oxygen atoms in total. The third-order valence-electron chi connectivity index (χ3n) is 3.01. The minimum Gasteiger partial charge on any atom is -0.366 e. The summed E-state index contributed by atoms with van der Waals surface area (Å²) in [7, 11) is 0. The monoisotopic (exact) mass is 242 g/mol. The average Bonchev–Trinajstić information content (AvgIpc) is 2.10. The highest BCUT2D eigenvalue weighted by molar-refractivity contribution is 5.82. The molecule has 0 saturated carbocycles. The van der Waals surface area contributed by atoms with Gasteiger partial charge in [-0.3, -0.25) is 4.79 Å². The molecule has 1 amide bonds. The fourth-order valence-electron chi connectivity index (χ4n) is 2.44. The van der Waals surface area contributed by atoms with E-state index in [1.807, 2.05) is 46.4 Å². The molecular weight excluding hydrogens is 216 g/mol. The van der Waals surface area contributed by atoms with Crippen LogP contribution in [0, 0.1) is 5.92 Å². The van der Waals surface area contributed by atoms with Gasteiger partial charge in [0.2, 0.25) is 5.91 Å². The van der Waals surface area contributed by atoms with Crippen LogP contribution in [-0.2, 0) is 9.53 Å². The van der Waals surface area contributed by atoms with Gasteiger partial charge in [0.1, 0.15) is 0 Å². The number of morpholine rings is 1. The van der Waals surface area contributed by atoms with Crippen LogP contribution in [0.4, 0.5) is 0 Å². The summed E-state index contributed by atoms with van der Waals surface area (Å²) in [5.74, 6) is 0.195. The van der Waals surface area contributed by atoms with E-state index in [1.54, 1.807) is 0 Å². The van der Waals surface area contributed by atoms with Crippen LogP contribution < -0.4 is 5.73 Å². The number of ether oxygens (including phenoxy) is 1. The summed E-state index contributed by atoms with van der Waals surface area (Å²) in [6.45, 7) is 13.2. The number of rotatable bonds is 2. The van der Waals surface area contributed by atoms with Crippen LogP contribution in [0.3, 0.4) is 0 Å². The van der Waals surface area contributed by atoms with Crippen molar-refractivity contribution in [1.29, 1.82) is 0 Å². The molecule has 0 aromatic heterocycles. The minimum absolute atomic E-state index is 0.0319. The number of nitrogens with two attached hydrogens (primary N) is 1. The molecule has 0 aromatic rings. The Bertz CT molecular complexity index is 282. The molecule has 0 bridgehead atoms. The molecule has 1 rings (SSSR count). The second-order valence-corrected chi connectivity index (χ2v) is 6.59. The second kappa shape index (κ2) is 4.58. The third kappa shape index (κ3) is 3.68. The van der Waals surface area contributed by atoms with Crippen molar-refractivity contribution in [3.63, 3.8) is 0 Å². The summed E-state index contributed by atoms with van der Waals surface area (Å²) >= 11 is 0. The molecular formula is C13H26N2O2. The lowest BCUT2D eigenvalue weighted by Crippen LogP contribution is -2.61. The van der Waals surface area contributed by atoms with Crippen LogP contribution in [0.15, 0.2) is 0 Å². The van der Waals surface area contributed by atoms with Crippen LogP contribution in [0.1, 0.15) is 41.5 Å². The van der Waals surface area contributed by atoms with Gasteiger partial charge in [-0.1, -0.05) is 13.8 Å². The van der Waals surface area contributed by atoms with Crippen molar-refractivity contribution < 1.29 is 9.53 Å². The molecule has 0 aromatic carbocycles. The largest absolute Gasteiger partial charge is 0.366 e. The summed E-state index contributed by atoms with van der Waals surface area (Å²) < 4.78 is 5.95. The van der Waals surface area contributed by atoms with E-state index in [1.165, 1.54) is 0 Å². The van der Waals surface area contributed by atoms with Gasteiger partial charge in [-0.2, -0.15) is 0 Å². The third-order valence-corrected chi connectivity index (χ3v) is 3.01. The fraction of sp³-hybridized carbons (Fsp3) is 0.923. The Labute approximate surface area is 104 Å². The van der Waals surface area contributed by atoms with Crippen molar-refractivity contribution in [2.75, 3.05) is 13.1 Å². The van der Waals surface area contributed by atoms with E-state index in [-0.39, 0.29) is 23.0 Å². The van der Waals surface area contributed by atoms with Crippen LogP contribution in [-0.4, -0.2) is 41.1 Å². The smallest absolute Gasteiger partial charge is 0.239 e. The van der Waals surface area contributed by atoms with Gasteiger partial charge < -0.3 is 15.4 Å². The van der Waals surface area contributed by atoms with Crippen molar-refractivity contribution in [3.05, 3.63) is 0 Å². The molecule has 1 saturated heterocycles. The quantitative estimate of drug-likeness (QED) is 0.796. The maximum Gasteiger partial charge on any atom is 0.239 e. The number of nitrogens with zero attached hydrogens (tertiary/aromatic N) is 1. The molecule has 1 heterocycles. The first kappa shape index (κ1) is 14.5. The van der Waals surface area contributed by atoms with Gasteiger partial charge >= 0.3 is 0 Å². The van der Waals surface area contributed by atoms with E-state index >= 15 is 0 Å². The van der Waals surface area contributed by atoms with E-state index in [4.69, 9.17) is 10.5 Å². The number of carbonyl (C=O) groups excluding carboxylic acids is 1. The molecule has 1 aliphatic rings. The van der Waals surface area contributed by atoms with Crippen molar-refractivity contribution in [3.8, 4) is 0 Å². The van der Waals surface area contributed by atoms with Gasteiger partial charge in [0.05, 0.1) is 17.2 Å². The Morgan fingerprint density at radius 2 is 1.59 bits per heavy atom. The highest BCUT2D eigenvalue weighted by atomic mass is 16.5. The topological polar surface area (TPSA) is 55.6 Å². The zero-order valence-electron chi connectivity index (χ0n) is 11.9. The predicted octanol–water partition coefficient (Wildman–Crippen LogP) is 1.39. The number of carbonyl (C=O) groups is 1. The first-order valence-corrected chi connectivity index (χ1v) is 6.29. The highest BCUT2D eigenvalue weighted by Gasteiger charge is 2.41. The van der Waals surface area contributed by atoms with Gasteiger partial charge in [0.25, 0.3) is 0 Å². The Hall–Kier alpha value is -0.610. The lowest BCUT2D eigenvalue weighted by atomic mass is 9.96. The van der Waals surface area contributed by atoms with E-state index < -0.39 is 6.04 Å². The molecule has 0 unspecified atom stereocenters. The number of hydrogen-bond donors (Lipinski definition) is 1. The SMILES string of the molecule is CC(C)[C@H](N)C(=O)N1CC(C)(C)OC(C)(C)C1. The van der Waals surface area contributed by atoms with Crippen LogP contribution >= 0.6 is 0 Å². The maximum atomic E-state index is 12.3. The van der Waals surface area contributed by atoms with Crippen LogP contribution in [0.5, 0.6) is 0 Å². The second-order valence-electron chi connectivity index (χ2n) is 6.59. The summed E-state index contributed by atoms with van der Waals surface area (Å²) in [5, 5.41) is 0. The Balaban J connectivity index is 2.81. The summed E-state index contributed by atoms with van der Waals surface area (Å²) in [6, 6.07) is -0.417. The first-order valence-electron chi connectivity index (χ1n) is 6.29. The zero-order chi connectivity index (χ0) is 13.4. The molecule has 17 heavy (non-hydrogen) atoms. The maximum absolute atomic E-state index is 12.3. The first-order chi connectivity index (χ1) is 7.54. The molecule has 2 N–H and O–H groups in total. The molecule has 4 heteroatoms. The molecule has 0 spiro atoms. The lowest BCUT2D eigenvalue weighted by Gasteiger charge is -2.47. The minimum atomic E-state index is -0.417. The highest BCUT2D eigenvalue weighted by Crippen LogP contribution is 2.28. The molecule has 0 radical (unpaired) electrons. The van der Waals surface area contributed by atoms with Crippen molar-refractivity contribution in [1.82, 2.24) is 4.90 Å². The molecule has 1 atom stereocenters. The fourth-order valence-corrected chi connectivity index (χ4v) is 2.44. The van der Waals surface area contributed by atoms with E-state index in [0.29, 0.717) is 13.1 Å². The standard InChI is InChI=1S/C13H26N2O2/c1-9(2)10(14)11(16)15-7-12(3,4)17-13(5,6)8-15/h9-10H,7-8,14H2,1-6H3/t10-/m0/s1. The van der Waals surface area contributed by atoms with Gasteiger partial charge in [-0.25, -0.2) is 0 Å². The molecule has 100 valence electrons. The summed E-state index contributed by atoms with van der Waals surface area (Å²) in [6.07, 6.45) is 0. The normalized spacial score (nSPS) is 24.8. The van der Waals surface area contributed by atoms with Gasteiger partial charge in [0.15, 0.2) is 0 Å². The average molecular weight is 242 g/mol. The van der Waals surface area contributed by atoms with Crippen molar-refractivity contribution >= 4 is 5.91 Å². The Morgan fingerprint density at radius 3 is 1.94 bits per heavy atom. The van der Waals surface area contributed by atoms with Crippen LogP contribution in [0.2, 0.25) is 0 Å². The van der Waals surface area contributed by atoms with E-state index in [2.05, 4.69) is 0 Å². The van der Waals surface area contributed by atoms with Gasteiger partial charge in [0, 0.05) is 13.1 Å². The van der Waals surface area contributed by atoms with E-state index in [9.17, 15) is 4.79 Å². The number of amides is 1. The summed E-state index contributed by atoms with van der Waals surface area (Å²) in [4.78, 5) is 14.1. The van der Waals surface area contributed by atoms with Crippen molar-refractivity contribution in [2.24, 2.45) is 11.7 Å². The lowest BCUT2D eigenvalue weighted by molar-refractivity contribution is -0.189. The number of hydrogen-bond acceptors (Lipinski definition) is 3. The Kier molecular flexibility index (Phi) is 3.89. The predicted molar refractivity (Wildman–Crippen MR) is 68.6 cm³/mol. The van der Waals surface area contributed by atoms with Gasteiger partial charge in [-0.15, -0.1) is 0 Å². The van der Waals surface area contributed by atoms with Crippen LogP contribution in [0.25, 0.3) is 0 Å². The Morgan fingerprint density at radius 1 is 1.18 bits per heavy atom.